The van der Waals surface area contributed by atoms with Crippen molar-refractivity contribution in [2.75, 3.05) is 6.54 Å². The molecule has 0 aliphatic heterocycles. The first-order valence-corrected chi connectivity index (χ1v) is 4.77. The van der Waals surface area contributed by atoms with E-state index in [1.807, 2.05) is 11.4 Å². The molecule has 0 spiro atoms. The highest BCUT2D eigenvalue weighted by Gasteiger charge is 1.98. The zero-order valence-electron chi connectivity index (χ0n) is 5.71. The van der Waals surface area contributed by atoms with E-state index in [9.17, 15) is 4.79 Å². The van der Waals surface area contributed by atoms with Crippen molar-refractivity contribution in [1.82, 2.24) is 0 Å². The third-order valence-electron chi connectivity index (χ3n) is 1.21. The molecule has 1 aromatic heterocycles. The van der Waals surface area contributed by atoms with Crippen molar-refractivity contribution in [2.45, 2.75) is 6.42 Å². The number of rotatable bonds is 3. The van der Waals surface area contributed by atoms with E-state index in [0.717, 1.165) is 10.9 Å². The lowest BCUT2D eigenvalue weighted by molar-refractivity contribution is 0.563. The summed E-state index contributed by atoms with van der Waals surface area (Å²) in [5.41, 5.74) is 0. The topological polar surface area (TPSA) is 29.4 Å². The van der Waals surface area contributed by atoms with Gasteiger partial charge in [-0.05, 0) is 27.4 Å². The molecule has 4 heteroatoms. The van der Waals surface area contributed by atoms with Crippen LogP contribution in [0.15, 0.2) is 20.9 Å². The van der Waals surface area contributed by atoms with Gasteiger partial charge in [0, 0.05) is 15.8 Å². The molecular weight excluding hydrogens is 226 g/mol. The molecule has 0 unspecified atom stereocenters. The summed E-state index contributed by atoms with van der Waals surface area (Å²) in [7, 11) is 0. The molecule has 0 aliphatic carbocycles. The molecule has 0 bridgehead atoms. The molecule has 0 saturated carbocycles. The highest BCUT2D eigenvalue weighted by Crippen LogP contribution is 2.22. The number of halogens is 1. The van der Waals surface area contributed by atoms with Gasteiger partial charge in [-0.15, -0.1) is 11.3 Å². The summed E-state index contributed by atoms with van der Waals surface area (Å²) < 4.78 is 1.10. The SMILES string of the molecule is O=C=NCCc1sccc1Br. The minimum absolute atomic E-state index is 0.530. The maximum atomic E-state index is 9.72. The van der Waals surface area contributed by atoms with E-state index in [0.29, 0.717) is 6.54 Å². The summed E-state index contributed by atoms with van der Waals surface area (Å²) in [5, 5.41) is 2.00. The highest BCUT2D eigenvalue weighted by atomic mass is 79.9. The first kappa shape index (κ1) is 8.65. The zero-order chi connectivity index (χ0) is 8.10. The lowest BCUT2D eigenvalue weighted by Crippen LogP contribution is -1.85. The van der Waals surface area contributed by atoms with E-state index in [-0.39, 0.29) is 0 Å². The molecule has 0 N–H and O–H groups in total. The van der Waals surface area contributed by atoms with Crippen LogP contribution in [0.4, 0.5) is 0 Å². The molecular formula is C7H6BrNOS. The Kier molecular flexibility index (Phi) is 3.49. The smallest absolute Gasteiger partial charge is 0.211 e. The Bertz CT molecular complexity index is 278. The van der Waals surface area contributed by atoms with E-state index in [1.165, 1.54) is 11.0 Å². The van der Waals surface area contributed by atoms with E-state index in [1.54, 1.807) is 11.3 Å². The number of aliphatic imine (C=N–C) groups is 1. The number of hydrogen-bond donors (Lipinski definition) is 0. The van der Waals surface area contributed by atoms with Gasteiger partial charge in [0.2, 0.25) is 6.08 Å². The van der Waals surface area contributed by atoms with Crippen LogP contribution < -0.4 is 0 Å². The molecule has 1 heterocycles. The fourth-order valence-corrected chi connectivity index (χ4v) is 2.25. The van der Waals surface area contributed by atoms with Crippen LogP contribution in [0.5, 0.6) is 0 Å². The van der Waals surface area contributed by atoms with Crippen molar-refractivity contribution >= 4 is 33.3 Å². The number of carbonyl (C=O) groups excluding carboxylic acids is 1. The predicted octanol–water partition coefficient (Wildman–Crippen LogP) is 2.39. The van der Waals surface area contributed by atoms with Gasteiger partial charge in [0.05, 0.1) is 6.54 Å². The largest absolute Gasteiger partial charge is 0.234 e. The van der Waals surface area contributed by atoms with Crippen LogP contribution in [0, 0.1) is 0 Å². The third kappa shape index (κ3) is 2.58. The molecule has 0 radical (unpaired) electrons. The van der Waals surface area contributed by atoms with Crippen LogP contribution in [0.3, 0.4) is 0 Å². The van der Waals surface area contributed by atoms with Crippen LogP contribution in [0.25, 0.3) is 0 Å². The molecule has 58 valence electrons. The molecule has 11 heavy (non-hydrogen) atoms. The summed E-state index contributed by atoms with van der Waals surface area (Å²) >= 11 is 5.05. The lowest BCUT2D eigenvalue weighted by Gasteiger charge is -1.90. The summed E-state index contributed by atoms with van der Waals surface area (Å²) in [6, 6.07) is 1.99. The Morgan fingerprint density at radius 1 is 1.73 bits per heavy atom. The van der Waals surface area contributed by atoms with E-state index in [2.05, 4.69) is 20.9 Å². The van der Waals surface area contributed by atoms with Gasteiger partial charge >= 0.3 is 0 Å². The fraction of sp³-hybridized carbons (Fsp3) is 0.286. The maximum Gasteiger partial charge on any atom is 0.234 e. The van der Waals surface area contributed by atoms with Crippen molar-refractivity contribution in [1.29, 1.82) is 0 Å². The van der Waals surface area contributed by atoms with Crippen LogP contribution in [0.2, 0.25) is 0 Å². The first-order chi connectivity index (χ1) is 5.34. The molecule has 0 fully saturated rings. The van der Waals surface area contributed by atoms with E-state index in [4.69, 9.17) is 0 Å². The van der Waals surface area contributed by atoms with Crippen molar-refractivity contribution in [3.05, 3.63) is 20.8 Å². The average molecular weight is 232 g/mol. The zero-order valence-corrected chi connectivity index (χ0v) is 8.11. The number of hydrogen-bond acceptors (Lipinski definition) is 3. The van der Waals surface area contributed by atoms with Gasteiger partial charge in [0.1, 0.15) is 0 Å². The lowest BCUT2D eigenvalue weighted by atomic mass is 10.3. The Balaban J connectivity index is 2.50. The van der Waals surface area contributed by atoms with Crippen LogP contribution in [-0.4, -0.2) is 12.6 Å². The Labute approximate surface area is 77.1 Å². The Morgan fingerprint density at radius 3 is 3.09 bits per heavy atom. The van der Waals surface area contributed by atoms with Crippen molar-refractivity contribution < 1.29 is 4.79 Å². The molecule has 0 aliphatic rings. The second-order valence-electron chi connectivity index (χ2n) is 1.91. The maximum absolute atomic E-state index is 9.72. The molecule has 0 aromatic carbocycles. The molecule has 1 aromatic rings. The number of isocyanates is 1. The Morgan fingerprint density at radius 2 is 2.55 bits per heavy atom. The van der Waals surface area contributed by atoms with Gasteiger partial charge in [0.15, 0.2) is 0 Å². The fourth-order valence-electron chi connectivity index (χ4n) is 0.707. The van der Waals surface area contributed by atoms with Gasteiger partial charge in [-0.1, -0.05) is 0 Å². The van der Waals surface area contributed by atoms with Gasteiger partial charge in [0.25, 0.3) is 0 Å². The molecule has 0 atom stereocenters. The molecule has 0 amide bonds. The summed E-state index contributed by atoms with van der Waals surface area (Å²) in [4.78, 5) is 14.4. The van der Waals surface area contributed by atoms with Gasteiger partial charge in [-0.2, -0.15) is 0 Å². The van der Waals surface area contributed by atoms with Gasteiger partial charge in [-0.25, -0.2) is 9.79 Å². The summed E-state index contributed by atoms with van der Waals surface area (Å²) in [6.07, 6.45) is 2.33. The third-order valence-corrected chi connectivity index (χ3v) is 3.19. The average Bonchev–Trinajstić information content (AvgIpc) is 2.37. The second kappa shape index (κ2) is 4.44. The van der Waals surface area contributed by atoms with Crippen LogP contribution in [0.1, 0.15) is 4.88 Å². The van der Waals surface area contributed by atoms with Crippen molar-refractivity contribution in [3.8, 4) is 0 Å². The van der Waals surface area contributed by atoms with Gasteiger partial charge < -0.3 is 0 Å². The monoisotopic (exact) mass is 231 g/mol. The number of thiophene rings is 1. The first-order valence-electron chi connectivity index (χ1n) is 3.10. The minimum atomic E-state index is 0.530. The van der Waals surface area contributed by atoms with E-state index < -0.39 is 0 Å². The predicted molar refractivity (Wildman–Crippen MR) is 48.7 cm³/mol. The van der Waals surface area contributed by atoms with Gasteiger partial charge in [-0.3, -0.25) is 0 Å². The molecule has 2 nitrogen and oxygen atoms in total. The van der Waals surface area contributed by atoms with Crippen LogP contribution in [-0.2, 0) is 11.2 Å². The second-order valence-corrected chi connectivity index (χ2v) is 3.77. The summed E-state index contributed by atoms with van der Waals surface area (Å²) in [6.45, 7) is 0.530. The quantitative estimate of drug-likeness (QED) is 0.581. The molecule has 0 saturated heterocycles. The number of nitrogens with zero attached hydrogens (tertiary/aromatic N) is 1. The molecule has 1 rings (SSSR count). The van der Waals surface area contributed by atoms with Crippen LogP contribution >= 0.6 is 27.3 Å². The highest BCUT2D eigenvalue weighted by molar-refractivity contribution is 9.10. The van der Waals surface area contributed by atoms with Crippen molar-refractivity contribution in [3.63, 3.8) is 0 Å². The Hall–Kier alpha value is -0.440. The van der Waals surface area contributed by atoms with Crippen molar-refractivity contribution in [2.24, 2.45) is 4.99 Å². The normalized spacial score (nSPS) is 9.18. The summed E-state index contributed by atoms with van der Waals surface area (Å²) in [5.74, 6) is 0. The standard InChI is InChI=1S/C7H6BrNOS/c8-6-2-4-11-7(6)1-3-9-5-10/h2,4H,1,3H2. The minimum Gasteiger partial charge on any atom is -0.211 e. The van der Waals surface area contributed by atoms with E-state index >= 15 is 0 Å².